The lowest BCUT2D eigenvalue weighted by molar-refractivity contribution is 0.392. The highest BCUT2D eigenvalue weighted by Gasteiger charge is 2.11. The lowest BCUT2D eigenvalue weighted by Gasteiger charge is -2.20. The predicted molar refractivity (Wildman–Crippen MR) is 87.6 cm³/mol. The first-order chi connectivity index (χ1) is 10.4. The molecule has 21 heavy (non-hydrogen) atoms. The molecule has 1 fully saturated rings. The van der Waals surface area contributed by atoms with Crippen molar-refractivity contribution in [3.8, 4) is 11.5 Å². The molecule has 1 aliphatic rings. The molecule has 0 unspecified atom stereocenters. The fraction of sp³-hybridized carbons (Fsp3) is 0.588. The second-order valence-electron chi connectivity index (χ2n) is 5.85. The van der Waals surface area contributed by atoms with E-state index in [-0.39, 0.29) is 0 Å². The molecule has 0 amide bonds. The monoisotopic (exact) mass is 304 g/mol. The highest BCUT2D eigenvalue weighted by Crippen LogP contribution is 2.22. The Balaban J connectivity index is 1.44. The van der Waals surface area contributed by atoms with E-state index >= 15 is 0 Å². The summed E-state index contributed by atoms with van der Waals surface area (Å²) in [6.45, 7) is 1.04. The Labute approximate surface area is 130 Å². The van der Waals surface area contributed by atoms with E-state index in [0.29, 0.717) is 0 Å². The highest BCUT2D eigenvalue weighted by atomic mass is 32.1. The number of furan rings is 1. The first-order valence-corrected chi connectivity index (χ1v) is 9.01. The van der Waals surface area contributed by atoms with Gasteiger partial charge in [-0.25, -0.2) is 4.98 Å². The van der Waals surface area contributed by atoms with Crippen LogP contribution in [0.15, 0.2) is 28.2 Å². The van der Waals surface area contributed by atoms with E-state index in [4.69, 9.17) is 4.42 Å². The average Bonchev–Trinajstić information content (AvgIpc) is 3.11. The molecule has 0 spiro atoms. The quantitative estimate of drug-likeness (QED) is 0.874. The molecule has 4 heteroatoms. The van der Waals surface area contributed by atoms with E-state index in [0.717, 1.165) is 30.5 Å². The van der Waals surface area contributed by atoms with Crippen LogP contribution in [0.25, 0.3) is 11.5 Å². The molecule has 0 aliphatic heterocycles. The van der Waals surface area contributed by atoms with Crippen molar-refractivity contribution in [2.24, 2.45) is 0 Å². The first kappa shape index (κ1) is 14.8. The van der Waals surface area contributed by atoms with Gasteiger partial charge < -0.3 is 9.73 Å². The minimum atomic E-state index is 0.717. The van der Waals surface area contributed by atoms with Gasteiger partial charge in [0, 0.05) is 24.4 Å². The van der Waals surface area contributed by atoms with Crippen LogP contribution in [-0.2, 0) is 6.42 Å². The summed E-state index contributed by atoms with van der Waals surface area (Å²) in [6, 6.07) is 4.59. The maximum atomic E-state index is 5.39. The lowest BCUT2D eigenvalue weighted by Crippen LogP contribution is -2.31. The van der Waals surface area contributed by atoms with Gasteiger partial charge in [0.25, 0.3) is 0 Å². The van der Waals surface area contributed by atoms with Gasteiger partial charge in [-0.15, -0.1) is 11.3 Å². The third-order valence-corrected chi connectivity index (χ3v) is 5.11. The first-order valence-electron chi connectivity index (χ1n) is 8.13. The second-order valence-corrected chi connectivity index (χ2v) is 6.79. The van der Waals surface area contributed by atoms with Crippen LogP contribution in [0, 0.1) is 0 Å². The number of nitrogens with zero attached hydrogens (tertiary/aromatic N) is 1. The zero-order valence-electron chi connectivity index (χ0n) is 12.5. The summed E-state index contributed by atoms with van der Waals surface area (Å²) in [6.07, 6.45) is 12.4. The zero-order chi connectivity index (χ0) is 14.3. The summed E-state index contributed by atoms with van der Waals surface area (Å²) in [5.74, 6) is 0.866. The van der Waals surface area contributed by atoms with E-state index in [1.807, 2.05) is 12.1 Å². The van der Waals surface area contributed by atoms with Crippen molar-refractivity contribution in [2.45, 2.75) is 57.4 Å². The third kappa shape index (κ3) is 4.42. The summed E-state index contributed by atoms with van der Waals surface area (Å²) in [4.78, 5) is 4.65. The predicted octanol–water partition coefficient (Wildman–Crippen LogP) is 4.65. The van der Waals surface area contributed by atoms with E-state index in [9.17, 15) is 0 Å². The zero-order valence-corrected chi connectivity index (χ0v) is 13.3. The molecule has 2 heterocycles. The minimum Gasteiger partial charge on any atom is -0.463 e. The lowest BCUT2D eigenvalue weighted by atomic mass is 9.97. The number of hydrogen-bond donors (Lipinski definition) is 1. The Morgan fingerprint density at radius 1 is 1.19 bits per heavy atom. The van der Waals surface area contributed by atoms with Gasteiger partial charge in [0.2, 0.25) is 0 Å². The van der Waals surface area contributed by atoms with Gasteiger partial charge in [-0.3, -0.25) is 0 Å². The Morgan fingerprint density at radius 3 is 2.76 bits per heavy atom. The van der Waals surface area contributed by atoms with Gasteiger partial charge in [-0.1, -0.05) is 32.1 Å². The van der Waals surface area contributed by atoms with Crippen LogP contribution in [0.3, 0.4) is 0 Å². The Kier molecular flexibility index (Phi) is 5.46. The Bertz CT molecular complexity index is 513. The van der Waals surface area contributed by atoms with Crippen LogP contribution in [0.5, 0.6) is 0 Å². The van der Waals surface area contributed by atoms with Crippen molar-refractivity contribution in [2.75, 3.05) is 6.54 Å². The molecular formula is C17H24N2OS. The van der Waals surface area contributed by atoms with Gasteiger partial charge in [-0.2, -0.15) is 0 Å². The molecule has 0 saturated heterocycles. The highest BCUT2D eigenvalue weighted by molar-refractivity contribution is 7.09. The molecule has 3 rings (SSSR count). The third-order valence-electron chi connectivity index (χ3n) is 4.20. The Morgan fingerprint density at radius 2 is 2.00 bits per heavy atom. The van der Waals surface area contributed by atoms with Crippen LogP contribution in [0.2, 0.25) is 0 Å². The molecule has 1 N–H and O–H groups in total. The van der Waals surface area contributed by atoms with Gasteiger partial charge in [0.15, 0.2) is 5.76 Å². The smallest absolute Gasteiger partial charge is 0.153 e. The summed E-state index contributed by atoms with van der Waals surface area (Å²) in [5, 5.41) is 7.01. The fourth-order valence-corrected chi connectivity index (χ4v) is 3.79. The standard InChI is InChI=1S/C17H24N2OS/c1-2-4-7-14(8-5-3-1)18-11-10-17-19-15(13-21-17)16-9-6-12-20-16/h6,9,12-14,18H,1-5,7-8,10-11H2. The molecular weight excluding hydrogens is 280 g/mol. The van der Waals surface area contributed by atoms with Crippen molar-refractivity contribution in [1.29, 1.82) is 0 Å². The van der Waals surface area contributed by atoms with Gasteiger partial charge in [-0.05, 0) is 25.0 Å². The molecule has 1 saturated carbocycles. The molecule has 0 radical (unpaired) electrons. The number of aromatic nitrogens is 1. The molecule has 0 bridgehead atoms. The van der Waals surface area contributed by atoms with Crippen molar-refractivity contribution in [3.63, 3.8) is 0 Å². The molecule has 2 aromatic rings. The average molecular weight is 304 g/mol. The molecule has 3 nitrogen and oxygen atoms in total. The van der Waals surface area contributed by atoms with Crippen LogP contribution in [-0.4, -0.2) is 17.6 Å². The van der Waals surface area contributed by atoms with Gasteiger partial charge >= 0.3 is 0 Å². The van der Waals surface area contributed by atoms with Crippen LogP contribution < -0.4 is 5.32 Å². The minimum absolute atomic E-state index is 0.717. The van der Waals surface area contributed by atoms with Crippen molar-refractivity contribution >= 4 is 11.3 Å². The number of rotatable bonds is 5. The summed E-state index contributed by atoms with van der Waals surface area (Å²) in [5.41, 5.74) is 0.964. The maximum Gasteiger partial charge on any atom is 0.153 e. The van der Waals surface area contributed by atoms with Gasteiger partial charge in [0.1, 0.15) is 5.69 Å². The number of nitrogens with one attached hydrogen (secondary N) is 1. The van der Waals surface area contributed by atoms with Crippen molar-refractivity contribution < 1.29 is 4.42 Å². The van der Waals surface area contributed by atoms with E-state index in [1.54, 1.807) is 17.6 Å². The SMILES string of the molecule is c1coc(-c2csc(CCNC3CCCCCCC3)n2)c1. The molecule has 0 atom stereocenters. The largest absolute Gasteiger partial charge is 0.463 e. The Hall–Kier alpha value is -1.13. The molecule has 2 aromatic heterocycles. The van der Waals surface area contributed by atoms with E-state index in [2.05, 4.69) is 15.7 Å². The molecule has 0 aromatic carbocycles. The molecule has 1 aliphatic carbocycles. The van der Waals surface area contributed by atoms with Crippen molar-refractivity contribution in [1.82, 2.24) is 10.3 Å². The van der Waals surface area contributed by atoms with Crippen molar-refractivity contribution in [3.05, 3.63) is 28.8 Å². The van der Waals surface area contributed by atoms with Crippen LogP contribution >= 0.6 is 11.3 Å². The van der Waals surface area contributed by atoms with Crippen LogP contribution in [0.4, 0.5) is 0 Å². The topological polar surface area (TPSA) is 38.1 Å². The summed E-state index contributed by atoms with van der Waals surface area (Å²) in [7, 11) is 0. The van der Waals surface area contributed by atoms with Crippen LogP contribution in [0.1, 0.15) is 50.0 Å². The normalized spacial score (nSPS) is 17.5. The van der Waals surface area contributed by atoms with E-state index < -0.39 is 0 Å². The van der Waals surface area contributed by atoms with E-state index in [1.165, 1.54) is 50.0 Å². The molecule has 114 valence electrons. The summed E-state index contributed by atoms with van der Waals surface area (Å²) < 4.78 is 5.39. The number of thiazole rings is 1. The number of hydrogen-bond acceptors (Lipinski definition) is 4. The second kappa shape index (κ2) is 7.76. The summed E-state index contributed by atoms with van der Waals surface area (Å²) >= 11 is 1.73. The fourth-order valence-electron chi connectivity index (χ4n) is 3.01. The van der Waals surface area contributed by atoms with Gasteiger partial charge in [0.05, 0.1) is 11.3 Å². The maximum absolute atomic E-state index is 5.39.